The minimum Gasteiger partial charge on any atom is -0.208 e. The summed E-state index contributed by atoms with van der Waals surface area (Å²) in [5.41, 5.74) is 0.558. The molecule has 0 aromatic heterocycles. The van der Waals surface area contributed by atoms with E-state index in [1.54, 1.807) is 6.92 Å². The molecule has 1 aromatic rings. The molecule has 1 aliphatic rings. The first-order valence-corrected chi connectivity index (χ1v) is 8.89. The second-order valence-corrected chi connectivity index (χ2v) is 7.31. The Labute approximate surface area is 121 Å². The van der Waals surface area contributed by atoms with E-state index in [2.05, 4.69) is 20.7 Å². The van der Waals surface area contributed by atoms with E-state index in [0.717, 1.165) is 30.7 Å². The van der Waals surface area contributed by atoms with Gasteiger partial charge in [-0.15, -0.1) is 0 Å². The molecular weight excluding hydrogens is 333 g/mol. The van der Waals surface area contributed by atoms with Gasteiger partial charge >= 0.3 is 0 Å². The van der Waals surface area contributed by atoms with E-state index in [-0.39, 0.29) is 10.9 Å². The molecule has 1 saturated carbocycles. The average Bonchev–Trinajstić information content (AvgIpc) is 2.78. The summed E-state index contributed by atoms with van der Waals surface area (Å²) in [4.78, 5) is 0.0349. The van der Waals surface area contributed by atoms with Gasteiger partial charge in [0.2, 0.25) is 10.0 Å². The highest BCUT2D eigenvalue weighted by Gasteiger charge is 2.31. The van der Waals surface area contributed by atoms with Gasteiger partial charge in [0.25, 0.3) is 0 Å². The van der Waals surface area contributed by atoms with Gasteiger partial charge in [-0.05, 0) is 43.4 Å². The van der Waals surface area contributed by atoms with Gasteiger partial charge in [0.1, 0.15) is 5.82 Å². The fraction of sp³-hybridized carbons (Fsp3) is 0.538. The largest absolute Gasteiger partial charge is 0.241 e. The van der Waals surface area contributed by atoms with E-state index in [9.17, 15) is 12.8 Å². The van der Waals surface area contributed by atoms with Crippen molar-refractivity contribution in [1.29, 1.82) is 0 Å². The number of rotatable bonds is 4. The van der Waals surface area contributed by atoms with Crippen LogP contribution in [0.4, 0.5) is 4.39 Å². The Bertz CT molecular complexity index is 562. The van der Waals surface area contributed by atoms with Gasteiger partial charge in [-0.1, -0.05) is 28.4 Å². The topological polar surface area (TPSA) is 46.2 Å². The normalized spacial score (nSPS) is 23.7. The first-order chi connectivity index (χ1) is 8.94. The van der Waals surface area contributed by atoms with Crippen LogP contribution in [0.15, 0.2) is 23.1 Å². The number of sulfonamides is 1. The number of alkyl halides is 1. The van der Waals surface area contributed by atoms with Gasteiger partial charge in [0.05, 0.1) is 4.90 Å². The fourth-order valence-electron chi connectivity index (χ4n) is 2.50. The molecule has 3 nitrogen and oxygen atoms in total. The minimum absolute atomic E-state index is 0.0349. The summed E-state index contributed by atoms with van der Waals surface area (Å²) < 4.78 is 40.6. The summed E-state index contributed by atoms with van der Waals surface area (Å²) in [5, 5.41) is 0.780. The van der Waals surface area contributed by atoms with Crippen molar-refractivity contribution >= 4 is 26.0 Å². The predicted octanol–water partition coefficient (Wildman–Crippen LogP) is 2.98. The molecule has 1 N–H and O–H groups in total. The molecule has 2 unspecified atom stereocenters. The molecule has 0 heterocycles. The van der Waals surface area contributed by atoms with Crippen molar-refractivity contribution in [3.05, 3.63) is 29.6 Å². The van der Waals surface area contributed by atoms with Crippen molar-refractivity contribution in [1.82, 2.24) is 4.72 Å². The summed E-state index contributed by atoms with van der Waals surface area (Å²) in [6.07, 6.45) is 2.87. The Morgan fingerprint density at radius 3 is 2.84 bits per heavy atom. The third-order valence-electron chi connectivity index (χ3n) is 3.60. The molecule has 0 radical (unpaired) electrons. The third kappa shape index (κ3) is 3.35. The zero-order valence-electron chi connectivity index (χ0n) is 10.7. The van der Waals surface area contributed by atoms with E-state index in [1.807, 2.05) is 0 Å². The number of aryl methyl sites for hydroxylation is 1. The molecule has 2 atom stereocenters. The molecule has 1 aromatic carbocycles. The number of hydrogen-bond acceptors (Lipinski definition) is 2. The Balaban J connectivity index is 2.25. The molecular formula is C13H17BrFNO2S. The van der Waals surface area contributed by atoms with Gasteiger partial charge in [-0.25, -0.2) is 17.5 Å². The Morgan fingerprint density at radius 1 is 1.42 bits per heavy atom. The summed E-state index contributed by atoms with van der Waals surface area (Å²) >= 11 is 3.41. The van der Waals surface area contributed by atoms with Crippen LogP contribution in [0.3, 0.4) is 0 Å². The van der Waals surface area contributed by atoms with E-state index in [4.69, 9.17) is 0 Å². The lowest BCUT2D eigenvalue weighted by atomic mass is 10.1. The van der Waals surface area contributed by atoms with Crippen LogP contribution >= 0.6 is 15.9 Å². The standard InChI is InChI=1S/C13H17BrFNO2S/c1-9-5-6-11(15)7-13(9)19(17,18)16-12-4-2-3-10(12)8-14/h5-7,10,12,16H,2-4,8H2,1H3. The van der Waals surface area contributed by atoms with Crippen LogP contribution in [-0.4, -0.2) is 19.8 Å². The Kier molecular flexibility index (Phi) is 4.63. The van der Waals surface area contributed by atoms with Gasteiger partial charge in [0, 0.05) is 11.4 Å². The second kappa shape index (κ2) is 5.89. The van der Waals surface area contributed by atoms with Crippen molar-refractivity contribution in [2.45, 2.75) is 37.1 Å². The maximum atomic E-state index is 13.2. The SMILES string of the molecule is Cc1ccc(F)cc1S(=O)(=O)NC1CCCC1CBr. The maximum absolute atomic E-state index is 13.2. The van der Waals surface area contributed by atoms with Crippen molar-refractivity contribution in [3.63, 3.8) is 0 Å². The highest BCUT2D eigenvalue weighted by atomic mass is 79.9. The molecule has 1 fully saturated rings. The lowest BCUT2D eigenvalue weighted by Gasteiger charge is -2.19. The lowest BCUT2D eigenvalue weighted by Crippen LogP contribution is -2.38. The van der Waals surface area contributed by atoms with Gasteiger partial charge in [-0.2, -0.15) is 0 Å². The molecule has 0 amide bonds. The van der Waals surface area contributed by atoms with Crippen LogP contribution in [0, 0.1) is 18.7 Å². The fourth-order valence-corrected chi connectivity index (χ4v) is 4.87. The molecule has 1 aliphatic carbocycles. The quantitative estimate of drug-likeness (QED) is 0.849. The van der Waals surface area contributed by atoms with E-state index in [1.165, 1.54) is 12.1 Å². The molecule has 0 aliphatic heterocycles. The first kappa shape index (κ1) is 14.9. The number of hydrogen-bond donors (Lipinski definition) is 1. The number of nitrogens with one attached hydrogen (secondary N) is 1. The van der Waals surface area contributed by atoms with Crippen LogP contribution in [0.5, 0.6) is 0 Å². The summed E-state index contributed by atoms with van der Waals surface area (Å²) in [6.45, 7) is 1.67. The minimum atomic E-state index is -3.65. The van der Waals surface area contributed by atoms with Gasteiger partial charge < -0.3 is 0 Å². The van der Waals surface area contributed by atoms with Crippen molar-refractivity contribution < 1.29 is 12.8 Å². The molecule has 6 heteroatoms. The zero-order valence-corrected chi connectivity index (χ0v) is 13.1. The molecule has 106 valence electrons. The monoisotopic (exact) mass is 349 g/mol. The first-order valence-electron chi connectivity index (χ1n) is 6.28. The summed E-state index contributed by atoms with van der Waals surface area (Å²) in [7, 11) is -3.65. The highest BCUT2D eigenvalue weighted by molar-refractivity contribution is 9.09. The van der Waals surface area contributed by atoms with E-state index in [0.29, 0.717) is 11.5 Å². The Hall–Kier alpha value is -0.460. The zero-order chi connectivity index (χ0) is 14.0. The van der Waals surface area contributed by atoms with Gasteiger partial charge in [0.15, 0.2) is 0 Å². The maximum Gasteiger partial charge on any atom is 0.241 e. The van der Waals surface area contributed by atoms with Crippen LogP contribution in [0.1, 0.15) is 24.8 Å². The molecule has 19 heavy (non-hydrogen) atoms. The van der Waals surface area contributed by atoms with Crippen molar-refractivity contribution in [2.75, 3.05) is 5.33 Å². The van der Waals surface area contributed by atoms with Crippen LogP contribution in [0.25, 0.3) is 0 Å². The molecule has 0 spiro atoms. The Morgan fingerprint density at radius 2 is 2.16 bits per heavy atom. The number of benzene rings is 1. The smallest absolute Gasteiger partial charge is 0.208 e. The highest BCUT2D eigenvalue weighted by Crippen LogP contribution is 2.29. The van der Waals surface area contributed by atoms with Crippen molar-refractivity contribution in [3.8, 4) is 0 Å². The molecule has 0 bridgehead atoms. The van der Waals surface area contributed by atoms with Crippen LogP contribution in [-0.2, 0) is 10.0 Å². The van der Waals surface area contributed by atoms with Gasteiger partial charge in [-0.3, -0.25) is 0 Å². The number of halogens is 2. The summed E-state index contributed by atoms with van der Waals surface area (Å²) in [6, 6.07) is 3.77. The van der Waals surface area contributed by atoms with E-state index >= 15 is 0 Å². The van der Waals surface area contributed by atoms with Crippen LogP contribution in [0.2, 0.25) is 0 Å². The van der Waals surface area contributed by atoms with E-state index < -0.39 is 15.8 Å². The average molecular weight is 350 g/mol. The third-order valence-corrected chi connectivity index (χ3v) is 6.07. The van der Waals surface area contributed by atoms with Crippen LogP contribution < -0.4 is 4.72 Å². The predicted molar refractivity (Wildman–Crippen MR) is 76.4 cm³/mol. The molecule has 2 rings (SSSR count). The van der Waals surface area contributed by atoms with Crippen molar-refractivity contribution in [2.24, 2.45) is 5.92 Å². The summed E-state index contributed by atoms with van der Waals surface area (Å²) in [5.74, 6) is -0.224. The molecule has 0 saturated heterocycles. The lowest BCUT2D eigenvalue weighted by molar-refractivity contribution is 0.483. The second-order valence-electron chi connectivity index (χ2n) is 4.98.